The van der Waals surface area contributed by atoms with Gasteiger partial charge in [-0.2, -0.15) is 13.2 Å². The first-order valence-electron chi connectivity index (χ1n) is 16.0. The molecule has 4 rings (SSSR count). The summed E-state index contributed by atoms with van der Waals surface area (Å²) in [5, 5.41) is 8.28. The van der Waals surface area contributed by atoms with Gasteiger partial charge in [0, 0.05) is 32.7 Å². The smallest absolute Gasteiger partial charge is 0.416 e. The highest BCUT2D eigenvalue weighted by Crippen LogP contribution is 2.33. The van der Waals surface area contributed by atoms with Crippen LogP contribution in [0.1, 0.15) is 40.9 Å². The van der Waals surface area contributed by atoms with E-state index in [4.69, 9.17) is 4.74 Å². The number of benzene rings is 4. The van der Waals surface area contributed by atoms with Gasteiger partial charge in [0.1, 0.15) is 6.61 Å². The summed E-state index contributed by atoms with van der Waals surface area (Å²) in [5.41, 5.74) is 0.463. The Kier molecular flexibility index (Phi) is 12.0. The predicted octanol–water partition coefficient (Wildman–Crippen LogP) is 5.99. The minimum Gasteiger partial charge on any atom is -0.463 e. The van der Waals surface area contributed by atoms with Crippen molar-refractivity contribution in [3.63, 3.8) is 0 Å². The highest BCUT2D eigenvalue weighted by molar-refractivity contribution is 6.11. The maximum absolute atomic E-state index is 13.5. The molecule has 0 aliphatic rings. The van der Waals surface area contributed by atoms with Gasteiger partial charge in [-0.25, -0.2) is 0 Å². The Labute approximate surface area is 288 Å². The minimum absolute atomic E-state index is 0.193. The van der Waals surface area contributed by atoms with Crippen molar-refractivity contribution in [3.05, 3.63) is 119 Å². The van der Waals surface area contributed by atoms with Crippen molar-refractivity contribution in [3.8, 4) is 11.1 Å². The van der Waals surface area contributed by atoms with E-state index in [1.54, 1.807) is 106 Å². The molecular formula is C38H39F3N4O5. The molecule has 4 aromatic carbocycles. The SMILES string of the molecule is CCNC(=O)C(COC(=O)Cc1ccc(NC(=O)c2ccccc2-c2ccc(C(F)(F)F)cc2)c(N(C)C)c1)(C(=O)NCC)c1ccccc1. The summed E-state index contributed by atoms with van der Waals surface area (Å²) in [6.45, 7) is 3.45. The van der Waals surface area contributed by atoms with Crippen molar-refractivity contribution < 1.29 is 37.1 Å². The Bertz CT molecular complexity index is 1810. The zero-order valence-electron chi connectivity index (χ0n) is 28.2. The Balaban J connectivity index is 1.54. The number of amides is 3. The van der Waals surface area contributed by atoms with Gasteiger partial charge in [0.25, 0.3) is 5.91 Å². The number of ether oxygens (including phenoxy) is 1. The van der Waals surface area contributed by atoms with Gasteiger partial charge >= 0.3 is 12.1 Å². The lowest BCUT2D eigenvalue weighted by atomic mass is 9.79. The van der Waals surface area contributed by atoms with Gasteiger partial charge in [0.15, 0.2) is 5.41 Å². The van der Waals surface area contributed by atoms with E-state index in [1.807, 2.05) is 0 Å². The van der Waals surface area contributed by atoms with Crippen LogP contribution in [-0.4, -0.2) is 57.5 Å². The number of halogens is 3. The van der Waals surface area contributed by atoms with E-state index in [0.29, 0.717) is 33.6 Å². The van der Waals surface area contributed by atoms with Crippen LogP contribution in [0.2, 0.25) is 0 Å². The zero-order chi connectivity index (χ0) is 36.5. The summed E-state index contributed by atoms with van der Waals surface area (Å²) in [7, 11) is 3.52. The molecule has 0 aromatic heterocycles. The number of alkyl halides is 3. The number of nitrogens with one attached hydrogen (secondary N) is 3. The molecule has 0 radical (unpaired) electrons. The molecule has 3 N–H and O–H groups in total. The summed E-state index contributed by atoms with van der Waals surface area (Å²) in [5.74, 6) is -2.35. The monoisotopic (exact) mass is 688 g/mol. The molecule has 0 bridgehead atoms. The average molecular weight is 689 g/mol. The highest BCUT2D eigenvalue weighted by Gasteiger charge is 2.48. The number of anilines is 2. The number of nitrogens with zero attached hydrogens (tertiary/aromatic N) is 1. The van der Waals surface area contributed by atoms with Crippen molar-refractivity contribution in [1.82, 2.24) is 10.6 Å². The van der Waals surface area contributed by atoms with Crippen LogP contribution in [0, 0.1) is 0 Å². The lowest BCUT2D eigenvalue weighted by Crippen LogP contribution is -2.57. The van der Waals surface area contributed by atoms with E-state index >= 15 is 0 Å². The fraction of sp³-hybridized carbons (Fsp3) is 0.263. The second kappa shape index (κ2) is 16.2. The molecule has 9 nitrogen and oxygen atoms in total. The number of esters is 1. The molecule has 0 aliphatic carbocycles. The van der Waals surface area contributed by atoms with Crippen LogP contribution in [0.4, 0.5) is 24.5 Å². The van der Waals surface area contributed by atoms with Crippen molar-refractivity contribution in [2.24, 2.45) is 0 Å². The summed E-state index contributed by atoms with van der Waals surface area (Å²) in [6, 6.07) is 24.6. The van der Waals surface area contributed by atoms with Crippen molar-refractivity contribution in [2.45, 2.75) is 31.9 Å². The number of carbonyl (C=O) groups excluding carboxylic acids is 4. The summed E-state index contributed by atoms with van der Waals surface area (Å²) in [4.78, 5) is 55.3. The van der Waals surface area contributed by atoms with Crippen LogP contribution in [0.15, 0.2) is 97.1 Å². The van der Waals surface area contributed by atoms with E-state index < -0.39 is 47.5 Å². The topological polar surface area (TPSA) is 117 Å². The molecule has 0 saturated carbocycles. The number of hydrogen-bond acceptors (Lipinski definition) is 6. The van der Waals surface area contributed by atoms with Gasteiger partial charge in [0.2, 0.25) is 11.8 Å². The third-order valence-corrected chi connectivity index (χ3v) is 8.00. The number of rotatable bonds is 13. The lowest BCUT2D eigenvalue weighted by molar-refractivity contribution is -0.150. The molecule has 3 amide bonds. The Morgan fingerprint density at radius 2 is 1.34 bits per heavy atom. The summed E-state index contributed by atoms with van der Waals surface area (Å²) < 4.78 is 45.0. The van der Waals surface area contributed by atoms with Gasteiger partial charge in [-0.3, -0.25) is 19.2 Å². The molecular weight excluding hydrogens is 649 g/mol. The van der Waals surface area contributed by atoms with Gasteiger partial charge < -0.3 is 25.6 Å². The lowest BCUT2D eigenvalue weighted by Gasteiger charge is -2.31. The standard InChI is InChI=1S/C38H39F3N4O5/c1-5-42-35(48)37(36(49)43-6-2,27-12-8-7-9-13-27)24-50-33(46)23-25-16-21-31(32(22-25)45(3)4)44-34(47)30-15-11-10-14-29(30)26-17-19-28(20-18-26)38(39,40)41/h7-22H,5-6,23-24H2,1-4H3,(H,42,48)(H,43,49)(H,44,47). The molecule has 0 aliphatic heterocycles. The number of hydrogen-bond donors (Lipinski definition) is 3. The van der Waals surface area contributed by atoms with E-state index in [-0.39, 0.29) is 25.1 Å². The summed E-state index contributed by atoms with van der Waals surface area (Å²) in [6.07, 6.45) is -4.68. The van der Waals surface area contributed by atoms with E-state index in [2.05, 4.69) is 16.0 Å². The molecule has 12 heteroatoms. The molecule has 262 valence electrons. The minimum atomic E-state index is -4.48. The van der Waals surface area contributed by atoms with E-state index in [0.717, 1.165) is 12.1 Å². The largest absolute Gasteiger partial charge is 0.463 e. The molecule has 0 atom stereocenters. The zero-order valence-corrected chi connectivity index (χ0v) is 28.2. The third-order valence-electron chi connectivity index (χ3n) is 8.00. The molecule has 4 aromatic rings. The van der Waals surface area contributed by atoms with Crippen LogP contribution in [-0.2, 0) is 37.1 Å². The van der Waals surface area contributed by atoms with Crippen LogP contribution in [0.25, 0.3) is 11.1 Å². The molecule has 0 heterocycles. The molecule has 0 unspecified atom stereocenters. The molecule has 0 spiro atoms. The number of likely N-dealkylation sites (N-methyl/N-ethyl adjacent to an activating group) is 2. The van der Waals surface area contributed by atoms with E-state index in [9.17, 15) is 32.3 Å². The molecule has 0 fully saturated rings. The summed E-state index contributed by atoms with van der Waals surface area (Å²) >= 11 is 0. The first-order chi connectivity index (χ1) is 23.8. The maximum Gasteiger partial charge on any atom is 0.416 e. The molecule has 0 saturated heterocycles. The van der Waals surface area contributed by atoms with Crippen molar-refractivity contribution in [1.29, 1.82) is 0 Å². The van der Waals surface area contributed by atoms with Crippen LogP contribution in [0.5, 0.6) is 0 Å². The predicted molar refractivity (Wildman–Crippen MR) is 186 cm³/mol. The van der Waals surface area contributed by atoms with Gasteiger partial charge in [-0.1, -0.05) is 66.7 Å². The van der Waals surface area contributed by atoms with Gasteiger partial charge in [-0.05, 0) is 66.4 Å². The second-order valence-corrected chi connectivity index (χ2v) is 11.6. The maximum atomic E-state index is 13.5. The van der Waals surface area contributed by atoms with Crippen molar-refractivity contribution in [2.75, 3.05) is 44.0 Å². The first kappa shape index (κ1) is 37.2. The third kappa shape index (κ3) is 8.49. The average Bonchev–Trinajstić information content (AvgIpc) is 3.09. The van der Waals surface area contributed by atoms with Crippen molar-refractivity contribution >= 4 is 35.1 Å². The van der Waals surface area contributed by atoms with Crippen LogP contribution >= 0.6 is 0 Å². The van der Waals surface area contributed by atoms with Crippen LogP contribution < -0.4 is 20.9 Å². The highest BCUT2D eigenvalue weighted by atomic mass is 19.4. The normalized spacial score (nSPS) is 11.3. The first-order valence-corrected chi connectivity index (χ1v) is 16.0. The van der Waals surface area contributed by atoms with Crippen LogP contribution in [0.3, 0.4) is 0 Å². The fourth-order valence-electron chi connectivity index (χ4n) is 5.46. The van der Waals surface area contributed by atoms with Gasteiger partial charge in [-0.15, -0.1) is 0 Å². The van der Waals surface area contributed by atoms with Gasteiger partial charge in [0.05, 0.1) is 23.4 Å². The molecule has 50 heavy (non-hydrogen) atoms. The van der Waals surface area contributed by atoms with E-state index in [1.165, 1.54) is 12.1 Å². The number of carbonyl (C=O) groups is 4. The fourth-order valence-corrected chi connectivity index (χ4v) is 5.46. The Morgan fingerprint density at radius 3 is 1.92 bits per heavy atom. The Hall–Kier alpha value is -5.65. The Morgan fingerprint density at radius 1 is 0.740 bits per heavy atom. The second-order valence-electron chi connectivity index (χ2n) is 11.6. The quantitative estimate of drug-likeness (QED) is 0.118.